The van der Waals surface area contributed by atoms with Gasteiger partial charge in [0.25, 0.3) is 0 Å². The van der Waals surface area contributed by atoms with Crippen LogP contribution >= 0.6 is 0 Å². The van der Waals surface area contributed by atoms with Crippen LogP contribution in [0, 0.1) is 5.92 Å². The van der Waals surface area contributed by atoms with Crippen LogP contribution in [-0.4, -0.2) is 59.4 Å². The number of likely N-dealkylation sites (tertiary alicyclic amines) is 1. The van der Waals surface area contributed by atoms with Crippen molar-refractivity contribution in [3.05, 3.63) is 60.2 Å². The van der Waals surface area contributed by atoms with Gasteiger partial charge in [-0.05, 0) is 67.9 Å². The molecule has 210 valence electrons. The predicted molar refractivity (Wildman–Crippen MR) is 155 cm³/mol. The van der Waals surface area contributed by atoms with Crippen LogP contribution < -0.4 is 10.1 Å². The Morgan fingerprint density at radius 3 is 2.41 bits per heavy atom. The molecule has 3 fully saturated rings. The van der Waals surface area contributed by atoms with Gasteiger partial charge in [0.05, 0.1) is 0 Å². The van der Waals surface area contributed by atoms with Gasteiger partial charge in [0.1, 0.15) is 23.1 Å². The maximum atomic E-state index is 13.8. The zero-order valence-electron chi connectivity index (χ0n) is 23.6. The molecule has 5 rings (SSSR count). The summed E-state index contributed by atoms with van der Waals surface area (Å²) >= 11 is 0. The van der Waals surface area contributed by atoms with E-state index in [0.29, 0.717) is 25.3 Å². The molecule has 0 bridgehead atoms. The topological polar surface area (TPSA) is 61.9 Å². The Balaban J connectivity index is 1.18. The molecule has 3 aliphatic rings. The number of piperidine rings is 1. The van der Waals surface area contributed by atoms with Crippen molar-refractivity contribution in [1.82, 2.24) is 15.1 Å². The van der Waals surface area contributed by atoms with E-state index < -0.39 is 5.54 Å². The summed E-state index contributed by atoms with van der Waals surface area (Å²) in [5.41, 5.74) is 0.555. The van der Waals surface area contributed by atoms with E-state index in [0.717, 1.165) is 56.8 Å². The van der Waals surface area contributed by atoms with Crippen LogP contribution in [0.3, 0.4) is 0 Å². The van der Waals surface area contributed by atoms with Crippen LogP contribution in [0.4, 0.5) is 0 Å². The highest BCUT2D eigenvalue weighted by Crippen LogP contribution is 2.36. The molecule has 2 heterocycles. The number of ether oxygens (including phenoxy) is 1. The van der Waals surface area contributed by atoms with Crippen LogP contribution in [-0.2, 0) is 16.0 Å². The lowest BCUT2D eigenvalue weighted by Crippen LogP contribution is -2.73. The first-order chi connectivity index (χ1) is 19.1. The summed E-state index contributed by atoms with van der Waals surface area (Å²) in [5.74, 6) is 2.50. The second-order valence-corrected chi connectivity index (χ2v) is 11.8. The number of carbonyl (C=O) groups excluding carboxylic acids is 2. The number of nitrogens with one attached hydrogen (secondary N) is 1. The number of nitrogens with zero attached hydrogens (tertiary/aromatic N) is 2. The molecule has 1 saturated carbocycles. The third-order valence-electron chi connectivity index (χ3n) is 9.12. The third-order valence-corrected chi connectivity index (χ3v) is 9.12. The highest BCUT2D eigenvalue weighted by molar-refractivity contribution is 6.00. The molecular formula is C33H45N3O3. The number of hydrogen-bond acceptors (Lipinski definition) is 4. The molecule has 1 aliphatic carbocycles. The summed E-state index contributed by atoms with van der Waals surface area (Å²) in [6.07, 6.45) is 11.3. The maximum Gasteiger partial charge on any atom is 0.246 e. The Kier molecular flexibility index (Phi) is 9.23. The third kappa shape index (κ3) is 6.66. The second kappa shape index (κ2) is 13.0. The molecule has 0 aromatic heterocycles. The highest BCUT2D eigenvalue weighted by atomic mass is 16.5. The standard InChI is InChI=1S/C33H45N3O3/c1-2-3-20-36-31(37)30(25-26-11-6-4-7-12-26)34-32(38)33(36)18-22-35(23-19-33)21-17-27-13-10-16-29(24-27)39-28-14-8-5-9-15-28/h5,8-10,13-16,24,26,30H,2-4,6-7,11-12,17-23,25H2,1H3,(H,34,38)/t30-/m0/s1. The van der Waals surface area contributed by atoms with Gasteiger partial charge < -0.3 is 19.9 Å². The molecule has 0 unspecified atom stereocenters. The van der Waals surface area contributed by atoms with Gasteiger partial charge in [0.15, 0.2) is 0 Å². The van der Waals surface area contributed by atoms with Crippen molar-refractivity contribution in [2.24, 2.45) is 5.92 Å². The zero-order chi connectivity index (χ0) is 27.1. The molecule has 1 spiro atoms. The van der Waals surface area contributed by atoms with Crippen LogP contribution in [0.1, 0.15) is 76.7 Å². The fraction of sp³-hybridized carbons (Fsp3) is 0.576. The molecule has 1 atom stereocenters. The van der Waals surface area contributed by atoms with Gasteiger partial charge >= 0.3 is 0 Å². The van der Waals surface area contributed by atoms with Gasteiger partial charge in [-0.15, -0.1) is 0 Å². The lowest BCUT2D eigenvalue weighted by molar-refractivity contribution is -0.161. The van der Waals surface area contributed by atoms with Gasteiger partial charge in [0.2, 0.25) is 11.8 Å². The summed E-state index contributed by atoms with van der Waals surface area (Å²) < 4.78 is 6.01. The summed E-state index contributed by atoms with van der Waals surface area (Å²) in [6, 6.07) is 17.8. The van der Waals surface area contributed by atoms with E-state index in [2.05, 4.69) is 29.3 Å². The molecule has 0 radical (unpaired) electrons. The molecule has 6 nitrogen and oxygen atoms in total. The van der Waals surface area contributed by atoms with Crippen LogP contribution in [0.25, 0.3) is 0 Å². The van der Waals surface area contributed by atoms with Gasteiger partial charge in [-0.1, -0.05) is 75.8 Å². The van der Waals surface area contributed by atoms with Crippen molar-refractivity contribution in [2.75, 3.05) is 26.2 Å². The highest BCUT2D eigenvalue weighted by Gasteiger charge is 2.53. The largest absolute Gasteiger partial charge is 0.457 e. The number of piperazine rings is 1. The molecule has 39 heavy (non-hydrogen) atoms. The Morgan fingerprint density at radius 1 is 0.923 bits per heavy atom. The number of unbranched alkanes of at least 4 members (excludes halogenated alkanes) is 1. The molecule has 2 amide bonds. The van der Waals surface area contributed by atoms with E-state index in [9.17, 15) is 9.59 Å². The monoisotopic (exact) mass is 531 g/mol. The molecule has 2 aromatic rings. The lowest BCUT2D eigenvalue weighted by Gasteiger charge is -2.52. The van der Waals surface area contributed by atoms with E-state index in [4.69, 9.17) is 4.74 Å². The van der Waals surface area contributed by atoms with Crippen molar-refractivity contribution in [1.29, 1.82) is 0 Å². The molecule has 2 aliphatic heterocycles. The number of rotatable bonds is 10. The van der Waals surface area contributed by atoms with E-state index in [1.54, 1.807) is 0 Å². The van der Waals surface area contributed by atoms with E-state index >= 15 is 0 Å². The summed E-state index contributed by atoms with van der Waals surface area (Å²) in [5, 5.41) is 3.22. The number of benzene rings is 2. The maximum absolute atomic E-state index is 13.8. The summed E-state index contributed by atoms with van der Waals surface area (Å²) in [4.78, 5) is 31.9. The Labute approximate surface area is 234 Å². The van der Waals surface area contributed by atoms with Gasteiger partial charge in [0, 0.05) is 26.2 Å². The first-order valence-electron chi connectivity index (χ1n) is 15.2. The first kappa shape index (κ1) is 27.7. The van der Waals surface area contributed by atoms with Crippen LogP contribution in [0.5, 0.6) is 11.5 Å². The smallest absolute Gasteiger partial charge is 0.246 e. The Hall–Kier alpha value is -2.86. The average Bonchev–Trinajstić information content (AvgIpc) is 2.97. The number of para-hydroxylation sites is 1. The second-order valence-electron chi connectivity index (χ2n) is 11.8. The van der Waals surface area contributed by atoms with Crippen molar-refractivity contribution in [3.8, 4) is 11.5 Å². The van der Waals surface area contributed by atoms with Gasteiger partial charge in [-0.25, -0.2) is 0 Å². The molecule has 1 N–H and O–H groups in total. The fourth-order valence-corrected chi connectivity index (χ4v) is 6.75. The minimum Gasteiger partial charge on any atom is -0.457 e. The van der Waals surface area contributed by atoms with E-state index in [1.165, 1.54) is 37.7 Å². The Bertz CT molecular complexity index is 1090. The predicted octanol–water partition coefficient (Wildman–Crippen LogP) is 5.95. The quantitative estimate of drug-likeness (QED) is 0.411. The number of amides is 2. The van der Waals surface area contributed by atoms with Crippen molar-refractivity contribution in [3.63, 3.8) is 0 Å². The molecular weight excluding hydrogens is 486 g/mol. The van der Waals surface area contributed by atoms with Crippen LogP contribution in [0.2, 0.25) is 0 Å². The number of carbonyl (C=O) groups is 2. The first-order valence-corrected chi connectivity index (χ1v) is 15.2. The lowest BCUT2D eigenvalue weighted by atomic mass is 9.79. The van der Waals surface area contributed by atoms with Crippen molar-refractivity contribution in [2.45, 2.75) is 89.1 Å². The van der Waals surface area contributed by atoms with Crippen LogP contribution in [0.15, 0.2) is 54.6 Å². The Morgan fingerprint density at radius 2 is 1.67 bits per heavy atom. The SMILES string of the molecule is CCCCN1C(=O)[C@H](CC2CCCCC2)NC(=O)C12CCN(CCc1cccc(Oc3ccccc3)c1)CC2. The van der Waals surface area contributed by atoms with Crippen molar-refractivity contribution >= 4 is 11.8 Å². The summed E-state index contributed by atoms with van der Waals surface area (Å²) in [6.45, 7) is 5.44. The minimum absolute atomic E-state index is 0.0874. The zero-order valence-corrected chi connectivity index (χ0v) is 23.6. The molecule has 2 aromatic carbocycles. The van der Waals surface area contributed by atoms with Crippen molar-refractivity contribution < 1.29 is 14.3 Å². The van der Waals surface area contributed by atoms with E-state index in [-0.39, 0.29) is 17.9 Å². The molecule has 6 heteroatoms. The number of hydrogen-bond donors (Lipinski definition) is 1. The fourth-order valence-electron chi connectivity index (χ4n) is 6.75. The average molecular weight is 532 g/mol. The van der Waals surface area contributed by atoms with Gasteiger partial charge in [-0.2, -0.15) is 0 Å². The van der Waals surface area contributed by atoms with E-state index in [1.807, 2.05) is 47.4 Å². The minimum atomic E-state index is -0.685. The summed E-state index contributed by atoms with van der Waals surface area (Å²) in [7, 11) is 0. The normalized spacial score (nSPS) is 22.2. The molecule has 2 saturated heterocycles. The van der Waals surface area contributed by atoms with Gasteiger partial charge in [-0.3, -0.25) is 9.59 Å².